The molecule has 0 aliphatic carbocycles. The van der Waals surface area contributed by atoms with Crippen molar-refractivity contribution in [2.45, 2.75) is 73.1 Å². The zero-order valence-corrected chi connectivity index (χ0v) is 22.5. The van der Waals surface area contributed by atoms with Gasteiger partial charge in [-0.2, -0.15) is 0 Å². The van der Waals surface area contributed by atoms with Gasteiger partial charge in [-0.15, -0.1) is 5.10 Å². The fourth-order valence-electron chi connectivity index (χ4n) is 3.95. The Morgan fingerprint density at radius 2 is 2.06 bits per heavy atom. The molecule has 0 unspecified atom stereocenters. The molecule has 35 heavy (non-hydrogen) atoms. The molecule has 1 saturated heterocycles. The minimum Gasteiger partial charge on any atom is -0.444 e. The van der Waals surface area contributed by atoms with E-state index in [4.69, 9.17) is 4.74 Å². The van der Waals surface area contributed by atoms with Gasteiger partial charge >= 0.3 is 6.09 Å². The third kappa shape index (κ3) is 9.35. The molecular formula is C25H43N7O3. The molecular weight excluding hydrogens is 446 g/mol. The molecule has 3 heterocycles. The zero-order valence-electron chi connectivity index (χ0n) is 22.5. The standard InChI is InChI=1S/C23H37N7O3.C2H6/c1-6-28(22(32)33-23(2,3)4)16-20-17-30(26-25-20)15-19-8-7-11-29(14-19)21(31)10-9-18-12-24-27(5)13-18;1-2/h9-10,13,17,19,24H,6-8,11-12,14-16H2,1-5H3;1-2H3/b10-9+;/t19-;/m1./s1. The molecule has 1 atom stereocenters. The molecule has 0 saturated carbocycles. The SMILES string of the molecule is CC.CCN(Cc1cn(C[C@@H]2CCCN(C(=O)/C=C/C3=CN(C)NC3)C2)nn1)C(=O)OC(C)(C)C. The maximum absolute atomic E-state index is 12.6. The number of nitrogens with zero attached hydrogens (tertiary/aromatic N) is 6. The molecule has 2 aliphatic rings. The largest absolute Gasteiger partial charge is 0.444 e. The summed E-state index contributed by atoms with van der Waals surface area (Å²) < 4.78 is 7.28. The van der Waals surface area contributed by atoms with Crippen molar-refractivity contribution >= 4 is 12.0 Å². The third-order valence-corrected chi connectivity index (χ3v) is 5.58. The van der Waals surface area contributed by atoms with E-state index in [1.807, 2.05) is 81.7 Å². The molecule has 2 amide bonds. The zero-order chi connectivity index (χ0) is 26.0. The summed E-state index contributed by atoms with van der Waals surface area (Å²) in [5, 5.41) is 10.4. The Morgan fingerprint density at radius 1 is 1.31 bits per heavy atom. The van der Waals surface area contributed by atoms with Crippen molar-refractivity contribution < 1.29 is 14.3 Å². The van der Waals surface area contributed by atoms with Gasteiger partial charge in [0, 0.05) is 52.0 Å². The number of carbonyl (C=O) groups is 2. The monoisotopic (exact) mass is 489 g/mol. The van der Waals surface area contributed by atoms with Crippen LogP contribution in [0.5, 0.6) is 0 Å². The molecule has 1 aromatic heterocycles. The van der Waals surface area contributed by atoms with E-state index in [1.165, 1.54) is 0 Å². The maximum Gasteiger partial charge on any atom is 0.410 e. The number of hydrogen-bond acceptors (Lipinski definition) is 7. The van der Waals surface area contributed by atoms with Gasteiger partial charge in [-0.05, 0) is 52.0 Å². The predicted molar refractivity (Wildman–Crippen MR) is 136 cm³/mol. The number of likely N-dealkylation sites (tertiary alicyclic amines) is 1. The van der Waals surface area contributed by atoms with Crippen molar-refractivity contribution in [2.75, 3.05) is 33.2 Å². The number of amides is 2. The quantitative estimate of drug-likeness (QED) is 0.588. The van der Waals surface area contributed by atoms with Crippen LogP contribution in [-0.4, -0.2) is 80.6 Å². The summed E-state index contributed by atoms with van der Waals surface area (Å²) in [4.78, 5) is 28.5. The highest BCUT2D eigenvalue weighted by atomic mass is 16.6. The fourth-order valence-corrected chi connectivity index (χ4v) is 3.95. The van der Waals surface area contributed by atoms with Gasteiger partial charge in [0.15, 0.2) is 0 Å². The third-order valence-electron chi connectivity index (χ3n) is 5.58. The van der Waals surface area contributed by atoms with Crippen LogP contribution >= 0.6 is 0 Å². The van der Waals surface area contributed by atoms with E-state index in [0.29, 0.717) is 32.1 Å². The molecule has 1 aromatic rings. The van der Waals surface area contributed by atoms with E-state index in [0.717, 1.165) is 37.2 Å². The second-order valence-corrected chi connectivity index (χ2v) is 9.70. The van der Waals surface area contributed by atoms with Gasteiger partial charge in [0.25, 0.3) is 0 Å². The smallest absolute Gasteiger partial charge is 0.410 e. The fraction of sp³-hybridized carbons (Fsp3) is 0.680. The molecule has 2 aliphatic heterocycles. The number of hydrogen-bond donors (Lipinski definition) is 1. The maximum atomic E-state index is 12.6. The molecule has 1 fully saturated rings. The van der Waals surface area contributed by atoms with Crippen LogP contribution in [0.25, 0.3) is 0 Å². The van der Waals surface area contributed by atoms with Gasteiger partial charge in [-0.3, -0.25) is 9.48 Å². The average Bonchev–Trinajstić information content (AvgIpc) is 3.44. The average molecular weight is 490 g/mol. The molecule has 0 bridgehead atoms. The molecule has 3 rings (SSSR count). The Bertz CT molecular complexity index is 888. The van der Waals surface area contributed by atoms with E-state index < -0.39 is 5.60 Å². The Balaban J connectivity index is 0.00000210. The van der Waals surface area contributed by atoms with Crippen molar-refractivity contribution in [3.63, 3.8) is 0 Å². The molecule has 0 aromatic carbocycles. The topological polar surface area (TPSA) is 95.8 Å². The molecule has 10 nitrogen and oxygen atoms in total. The summed E-state index contributed by atoms with van der Waals surface area (Å²) in [5.41, 5.74) is 4.43. The van der Waals surface area contributed by atoms with Crippen molar-refractivity contribution in [3.8, 4) is 0 Å². The van der Waals surface area contributed by atoms with Crippen molar-refractivity contribution in [1.29, 1.82) is 0 Å². The van der Waals surface area contributed by atoms with E-state index >= 15 is 0 Å². The highest BCUT2D eigenvalue weighted by molar-refractivity contribution is 5.88. The minimum atomic E-state index is -0.539. The van der Waals surface area contributed by atoms with Crippen LogP contribution in [0.2, 0.25) is 0 Å². The van der Waals surface area contributed by atoms with Crippen molar-refractivity contribution in [3.05, 3.63) is 35.8 Å². The van der Waals surface area contributed by atoms with Crippen LogP contribution in [0.3, 0.4) is 0 Å². The number of nitrogens with one attached hydrogen (secondary N) is 1. The Labute approximate surface area is 209 Å². The van der Waals surface area contributed by atoms with Crippen LogP contribution < -0.4 is 5.43 Å². The first-order valence-corrected chi connectivity index (χ1v) is 12.6. The van der Waals surface area contributed by atoms with Gasteiger partial charge in [-0.25, -0.2) is 10.2 Å². The second-order valence-electron chi connectivity index (χ2n) is 9.70. The van der Waals surface area contributed by atoms with E-state index in [1.54, 1.807) is 11.0 Å². The summed E-state index contributed by atoms with van der Waals surface area (Å²) in [7, 11) is 1.94. The van der Waals surface area contributed by atoms with Gasteiger partial charge in [-0.1, -0.05) is 25.1 Å². The molecule has 1 N–H and O–H groups in total. The van der Waals surface area contributed by atoms with Crippen LogP contribution in [0.15, 0.2) is 30.1 Å². The first-order chi connectivity index (χ1) is 16.6. The van der Waals surface area contributed by atoms with Crippen molar-refractivity contribution in [2.24, 2.45) is 5.92 Å². The lowest BCUT2D eigenvalue weighted by molar-refractivity contribution is -0.127. The Morgan fingerprint density at radius 3 is 2.69 bits per heavy atom. The number of hydrazine groups is 1. The lowest BCUT2D eigenvalue weighted by Gasteiger charge is -2.32. The van der Waals surface area contributed by atoms with Crippen LogP contribution in [0.1, 0.15) is 60.1 Å². The summed E-state index contributed by atoms with van der Waals surface area (Å²) >= 11 is 0. The first kappa shape index (κ1) is 28.4. The van der Waals surface area contributed by atoms with E-state index in [2.05, 4.69) is 15.7 Å². The summed E-state index contributed by atoms with van der Waals surface area (Å²) in [6.45, 7) is 15.3. The number of ether oxygens (including phenoxy) is 1. The number of piperidine rings is 1. The van der Waals surface area contributed by atoms with Gasteiger partial charge in [0.05, 0.1) is 12.7 Å². The van der Waals surface area contributed by atoms with Gasteiger partial charge in [0.2, 0.25) is 5.91 Å². The summed E-state index contributed by atoms with van der Waals surface area (Å²) in [5.74, 6) is 0.364. The van der Waals surface area contributed by atoms with Crippen LogP contribution in [0, 0.1) is 5.92 Å². The molecule has 10 heteroatoms. The summed E-state index contributed by atoms with van der Waals surface area (Å²) in [6, 6.07) is 0. The lowest BCUT2D eigenvalue weighted by Crippen LogP contribution is -2.40. The summed E-state index contributed by atoms with van der Waals surface area (Å²) in [6.07, 6.45) is 9.07. The first-order valence-electron chi connectivity index (χ1n) is 12.6. The minimum absolute atomic E-state index is 0.0466. The predicted octanol–water partition coefficient (Wildman–Crippen LogP) is 3.19. The Hall–Kier alpha value is -2.88. The van der Waals surface area contributed by atoms with E-state index in [9.17, 15) is 9.59 Å². The van der Waals surface area contributed by atoms with Crippen LogP contribution in [0.4, 0.5) is 4.79 Å². The highest BCUT2D eigenvalue weighted by Crippen LogP contribution is 2.19. The van der Waals surface area contributed by atoms with Crippen molar-refractivity contribution in [1.82, 2.24) is 35.2 Å². The molecule has 0 spiro atoms. The van der Waals surface area contributed by atoms with Gasteiger partial charge < -0.3 is 19.5 Å². The lowest BCUT2D eigenvalue weighted by atomic mass is 9.98. The molecule has 196 valence electrons. The molecule has 0 radical (unpaired) electrons. The number of aromatic nitrogens is 3. The van der Waals surface area contributed by atoms with Gasteiger partial charge in [0.1, 0.15) is 11.3 Å². The van der Waals surface area contributed by atoms with Crippen LogP contribution in [-0.2, 0) is 22.6 Å². The van der Waals surface area contributed by atoms with E-state index in [-0.39, 0.29) is 12.0 Å². The number of rotatable bonds is 7. The second kappa shape index (κ2) is 13.3. The normalized spacial score (nSPS) is 18.3. The Kier molecular flexibility index (Phi) is 10.8. The number of carbonyl (C=O) groups excluding carboxylic acids is 2. The highest BCUT2D eigenvalue weighted by Gasteiger charge is 2.25.